The number of nitrogens with one attached hydrogen (secondary N) is 2. The Balaban J connectivity index is 2.26. The molecule has 0 aliphatic heterocycles. The first-order valence-electron chi connectivity index (χ1n) is 5.74. The van der Waals surface area contributed by atoms with E-state index in [1.54, 1.807) is 0 Å². The molecule has 0 bridgehead atoms. The van der Waals surface area contributed by atoms with Crippen molar-refractivity contribution in [3.63, 3.8) is 0 Å². The van der Waals surface area contributed by atoms with Crippen LogP contribution in [-0.4, -0.2) is 27.8 Å². The Kier molecular flexibility index (Phi) is 4.75. The molecular weight excluding hydrogens is 188 g/mol. The fraction of sp³-hybridized carbons (Fsp3) is 0.818. The van der Waals surface area contributed by atoms with Gasteiger partial charge in [0.2, 0.25) is 0 Å². The summed E-state index contributed by atoms with van der Waals surface area (Å²) in [5, 5.41) is 10.5. The summed E-state index contributed by atoms with van der Waals surface area (Å²) in [4.78, 5) is 4.43. The molecule has 1 heterocycles. The average Bonchev–Trinajstić information content (AvgIpc) is 2.60. The molecule has 0 aliphatic rings. The van der Waals surface area contributed by atoms with E-state index in [9.17, 15) is 0 Å². The third kappa shape index (κ3) is 4.42. The normalized spacial score (nSPS) is 11.6. The number of H-pyrrole nitrogens is 1. The number of aryl methyl sites for hydroxylation is 1. The lowest BCUT2D eigenvalue weighted by Gasteiger charge is -2.06. The fourth-order valence-electron chi connectivity index (χ4n) is 1.33. The molecule has 0 saturated carbocycles. The molecule has 1 rings (SSSR count). The highest BCUT2D eigenvalue weighted by atomic mass is 15.2. The Morgan fingerprint density at radius 3 is 2.53 bits per heavy atom. The maximum absolute atomic E-state index is 4.43. The van der Waals surface area contributed by atoms with Crippen molar-refractivity contribution in [2.24, 2.45) is 0 Å². The van der Waals surface area contributed by atoms with Crippen LogP contribution >= 0.6 is 0 Å². The van der Waals surface area contributed by atoms with Gasteiger partial charge in [-0.3, -0.25) is 5.10 Å². The molecule has 0 spiro atoms. The minimum atomic E-state index is 0.406. The van der Waals surface area contributed by atoms with E-state index in [2.05, 4.69) is 48.2 Å². The number of hydrogen-bond donors (Lipinski definition) is 2. The van der Waals surface area contributed by atoms with Crippen molar-refractivity contribution in [3.05, 3.63) is 11.6 Å². The fourth-order valence-corrected chi connectivity index (χ4v) is 1.33. The van der Waals surface area contributed by atoms with Gasteiger partial charge in [0.05, 0.1) is 0 Å². The van der Waals surface area contributed by atoms with Crippen molar-refractivity contribution >= 4 is 0 Å². The molecule has 0 aromatic carbocycles. The third-order valence-corrected chi connectivity index (χ3v) is 2.21. The van der Waals surface area contributed by atoms with Crippen molar-refractivity contribution in [3.8, 4) is 0 Å². The number of nitrogens with zero attached hydrogens (tertiary/aromatic N) is 2. The first-order chi connectivity index (χ1) is 7.09. The first-order valence-corrected chi connectivity index (χ1v) is 5.74. The van der Waals surface area contributed by atoms with Crippen LogP contribution in [0.4, 0.5) is 0 Å². The van der Waals surface area contributed by atoms with E-state index in [0.29, 0.717) is 12.0 Å². The number of hydrogen-bond acceptors (Lipinski definition) is 3. The molecule has 15 heavy (non-hydrogen) atoms. The summed E-state index contributed by atoms with van der Waals surface area (Å²) < 4.78 is 0. The van der Waals surface area contributed by atoms with Crippen LogP contribution < -0.4 is 5.32 Å². The van der Waals surface area contributed by atoms with Crippen LogP contribution in [0.3, 0.4) is 0 Å². The molecule has 0 amide bonds. The Morgan fingerprint density at radius 2 is 2.00 bits per heavy atom. The van der Waals surface area contributed by atoms with Crippen LogP contribution in [0.2, 0.25) is 0 Å². The zero-order valence-corrected chi connectivity index (χ0v) is 10.2. The van der Waals surface area contributed by atoms with Gasteiger partial charge in [0.15, 0.2) is 5.82 Å². The minimum Gasteiger partial charge on any atom is -0.315 e. The molecule has 0 unspecified atom stereocenters. The maximum atomic E-state index is 4.43. The van der Waals surface area contributed by atoms with Crippen LogP contribution in [0, 0.1) is 0 Å². The summed E-state index contributed by atoms with van der Waals surface area (Å²) in [5.74, 6) is 2.33. The van der Waals surface area contributed by atoms with Crippen molar-refractivity contribution in [2.75, 3.05) is 6.54 Å². The van der Waals surface area contributed by atoms with Gasteiger partial charge in [-0.05, 0) is 13.0 Å². The van der Waals surface area contributed by atoms with Crippen LogP contribution in [0.25, 0.3) is 0 Å². The largest absolute Gasteiger partial charge is 0.315 e. The van der Waals surface area contributed by atoms with Gasteiger partial charge in [0.1, 0.15) is 5.82 Å². The second-order valence-electron chi connectivity index (χ2n) is 4.51. The average molecular weight is 210 g/mol. The van der Waals surface area contributed by atoms with Crippen molar-refractivity contribution in [2.45, 2.75) is 52.5 Å². The van der Waals surface area contributed by atoms with E-state index in [4.69, 9.17) is 0 Å². The van der Waals surface area contributed by atoms with E-state index >= 15 is 0 Å². The monoisotopic (exact) mass is 210 g/mol. The van der Waals surface area contributed by atoms with Crippen LogP contribution in [0.15, 0.2) is 0 Å². The van der Waals surface area contributed by atoms with Gasteiger partial charge >= 0.3 is 0 Å². The van der Waals surface area contributed by atoms with Gasteiger partial charge in [-0.2, -0.15) is 5.10 Å². The van der Waals surface area contributed by atoms with Crippen LogP contribution in [0.1, 0.15) is 51.7 Å². The lowest BCUT2D eigenvalue weighted by Crippen LogP contribution is -2.24. The predicted molar refractivity (Wildman–Crippen MR) is 61.9 cm³/mol. The third-order valence-electron chi connectivity index (χ3n) is 2.21. The highest BCUT2D eigenvalue weighted by Crippen LogP contribution is 2.08. The van der Waals surface area contributed by atoms with Crippen molar-refractivity contribution in [1.29, 1.82) is 0 Å². The Bertz CT molecular complexity index is 278. The van der Waals surface area contributed by atoms with Crippen molar-refractivity contribution in [1.82, 2.24) is 20.5 Å². The highest BCUT2D eigenvalue weighted by molar-refractivity contribution is 4.94. The van der Waals surface area contributed by atoms with Gasteiger partial charge < -0.3 is 5.32 Å². The quantitative estimate of drug-likeness (QED) is 0.705. The van der Waals surface area contributed by atoms with Crippen molar-refractivity contribution < 1.29 is 0 Å². The van der Waals surface area contributed by atoms with Gasteiger partial charge in [0, 0.05) is 18.4 Å². The second-order valence-corrected chi connectivity index (χ2v) is 4.51. The van der Waals surface area contributed by atoms with Gasteiger partial charge in [-0.25, -0.2) is 4.98 Å². The minimum absolute atomic E-state index is 0.406. The molecule has 1 aromatic heterocycles. The van der Waals surface area contributed by atoms with Gasteiger partial charge in [-0.15, -0.1) is 0 Å². The number of aromatic amines is 1. The van der Waals surface area contributed by atoms with E-state index in [1.807, 2.05) is 0 Å². The summed E-state index contributed by atoms with van der Waals surface area (Å²) in [5.41, 5.74) is 0. The standard InChI is InChI=1S/C11H22N4/c1-8(2)11-13-10(14-15-11)6-5-7-12-9(3)4/h8-9,12H,5-7H2,1-4H3,(H,13,14,15). The molecule has 1 aromatic rings. The molecule has 0 aliphatic carbocycles. The smallest absolute Gasteiger partial charge is 0.153 e. The zero-order chi connectivity index (χ0) is 11.3. The summed E-state index contributed by atoms with van der Waals surface area (Å²) in [6, 6.07) is 0.561. The van der Waals surface area contributed by atoms with E-state index in [1.165, 1.54) is 0 Å². The number of aromatic nitrogens is 3. The van der Waals surface area contributed by atoms with E-state index < -0.39 is 0 Å². The van der Waals surface area contributed by atoms with Crippen LogP contribution in [0.5, 0.6) is 0 Å². The zero-order valence-electron chi connectivity index (χ0n) is 10.2. The van der Waals surface area contributed by atoms with Crippen LogP contribution in [-0.2, 0) is 6.42 Å². The number of rotatable bonds is 6. The highest BCUT2D eigenvalue weighted by Gasteiger charge is 2.06. The van der Waals surface area contributed by atoms with Gasteiger partial charge in [0.25, 0.3) is 0 Å². The second kappa shape index (κ2) is 5.85. The maximum Gasteiger partial charge on any atom is 0.153 e. The SMILES string of the molecule is CC(C)NCCCc1nc(C(C)C)n[nH]1. The summed E-state index contributed by atoms with van der Waals surface area (Å²) in [7, 11) is 0. The summed E-state index contributed by atoms with van der Waals surface area (Å²) >= 11 is 0. The van der Waals surface area contributed by atoms with E-state index in [0.717, 1.165) is 31.0 Å². The summed E-state index contributed by atoms with van der Waals surface area (Å²) in [6.07, 6.45) is 2.07. The first kappa shape index (κ1) is 12.2. The molecule has 86 valence electrons. The Labute approximate surface area is 91.9 Å². The van der Waals surface area contributed by atoms with E-state index in [-0.39, 0.29) is 0 Å². The molecular formula is C11H22N4. The summed E-state index contributed by atoms with van der Waals surface area (Å²) in [6.45, 7) is 9.56. The Morgan fingerprint density at radius 1 is 1.27 bits per heavy atom. The lowest BCUT2D eigenvalue weighted by atomic mass is 10.2. The molecule has 4 nitrogen and oxygen atoms in total. The predicted octanol–water partition coefficient (Wildman–Crippen LogP) is 1.86. The van der Waals surface area contributed by atoms with Gasteiger partial charge in [-0.1, -0.05) is 27.7 Å². The Hall–Kier alpha value is -0.900. The topological polar surface area (TPSA) is 53.6 Å². The molecule has 2 N–H and O–H groups in total. The lowest BCUT2D eigenvalue weighted by molar-refractivity contribution is 0.566. The molecule has 4 heteroatoms. The molecule has 0 radical (unpaired) electrons. The molecule has 0 fully saturated rings. The molecule has 0 atom stereocenters. The molecule has 0 saturated heterocycles.